The van der Waals surface area contributed by atoms with Crippen molar-refractivity contribution in [3.8, 4) is 0 Å². The Balaban J connectivity index is 2.55. The van der Waals surface area contributed by atoms with Crippen LogP contribution in [0.15, 0.2) is 36.9 Å². The molecule has 0 saturated carbocycles. The van der Waals surface area contributed by atoms with E-state index in [4.69, 9.17) is 5.11 Å². The number of hydrogen-bond acceptors (Lipinski definition) is 3. The summed E-state index contributed by atoms with van der Waals surface area (Å²) in [7, 11) is 0. The Labute approximate surface area is 130 Å². The molecule has 0 aliphatic rings. The maximum absolute atomic E-state index is 11.8. The van der Waals surface area contributed by atoms with Crippen LogP contribution >= 0.6 is 0 Å². The van der Waals surface area contributed by atoms with E-state index in [2.05, 4.69) is 22.5 Å². The van der Waals surface area contributed by atoms with Crippen LogP contribution in [0.3, 0.4) is 0 Å². The molecule has 2 atom stereocenters. The molecule has 0 bridgehead atoms. The van der Waals surface area contributed by atoms with E-state index >= 15 is 0 Å². The first-order chi connectivity index (χ1) is 10.5. The maximum Gasteiger partial charge on any atom is 0.319 e. The van der Waals surface area contributed by atoms with Crippen LogP contribution in [0.1, 0.15) is 24.2 Å². The highest BCUT2D eigenvalue weighted by Gasteiger charge is 2.13. The summed E-state index contributed by atoms with van der Waals surface area (Å²) in [5, 5.41) is 17.1. The largest absolute Gasteiger partial charge is 0.396 e. The smallest absolute Gasteiger partial charge is 0.319 e. The molecule has 22 heavy (non-hydrogen) atoms. The van der Waals surface area contributed by atoms with Gasteiger partial charge in [-0.25, -0.2) is 4.79 Å². The van der Waals surface area contributed by atoms with Crippen molar-refractivity contribution in [2.75, 3.05) is 18.5 Å². The second-order valence-electron chi connectivity index (χ2n) is 5.12. The van der Waals surface area contributed by atoms with Gasteiger partial charge in [0.05, 0.1) is 0 Å². The van der Waals surface area contributed by atoms with Gasteiger partial charge in [-0.1, -0.05) is 13.0 Å². The van der Waals surface area contributed by atoms with Gasteiger partial charge in [0.25, 0.3) is 5.91 Å². The van der Waals surface area contributed by atoms with E-state index in [9.17, 15) is 9.59 Å². The predicted molar refractivity (Wildman–Crippen MR) is 86.8 cm³/mol. The van der Waals surface area contributed by atoms with Crippen LogP contribution < -0.4 is 16.0 Å². The molecule has 0 spiro atoms. The van der Waals surface area contributed by atoms with Crippen molar-refractivity contribution in [3.63, 3.8) is 0 Å². The molecule has 0 saturated heterocycles. The molecule has 0 fully saturated rings. The van der Waals surface area contributed by atoms with E-state index in [1.165, 1.54) is 0 Å². The van der Waals surface area contributed by atoms with Crippen molar-refractivity contribution in [1.82, 2.24) is 10.6 Å². The first-order valence-corrected chi connectivity index (χ1v) is 7.15. The standard InChI is InChI=1S/C16H23N3O3/c1-4-9-17-15(21)13-5-7-14(8-6-13)19-16(22)18-12(3)11(2)10-20/h4-8,11-12,20H,1,9-10H2,2-3H3,(H,17,21)(H2,18,19,22). The summed E-state index contributed by atoms with van der Waals surface area (Å²) in [6.07, 6.45) is 1.60. The minimum absolute atomic E-state index is 0.00988. The summed E-state index contributed by atoms with van der Waals surface area (Å²) >= 11 is 0. The number of nitrogens with one attached hydrogen (secondary N) is 3. The Morgan fingerprint density at radius 1 is 1.27 bits per heavy atom. The third-order valence-electron chi connectivity index (χ3n) is 3.31. The molecule has 3 amide bonds. The lowest BCUT2D eigenvalue weighted by Gasteiger charge is -2.19. The number of amides is 3. The Bertz CT molecular complexity index is 514. The van der Waals surface area contributed by atoms with Crippen LogP contribution in [0.5, 0.6) is 0 Å². The van der Waals surface area contributed by atoms with Crippen LogP contribution in [-0.2, 0) is 0 Å². The fourth-order valence-electron chi connectivity index (χ4n) is 1.65. The number of aliphatic hydroxyl groups excluding tert-OH is 1. The van der Waals surface area contributed by atoms with E-state index in [0.29, 0.717) is 17.8 Å². The van der Waals surface area contributed by atoms with Crippen molar-refractivity contribution < 1.29 is 14.7 Å². The molecule has 4 N–H and O–H groups in total. The van der Waals surface area contributed by atoms with E-state index in [1.807, 2.05) is 13.8 Å². The number of anilines is 1. The van der Waals surface area contributed by atoms with E-state index in [1.54, 1.807) is 30.3 Å². The molecule has 6 nitrogen and oxygen atoms in total. The lowest BCUT2D eigenvalue weighted by Crippen LogP contribution is -2.40. The fraction of sp³-hybridized carbons (Fsp3) is 0.375. The van der Waals surface area contributed by atoms with Crippen LogP contribution in [0.4, 0.5) is 10.5 Å². The first-order valence-electron chi connectivity index (χ1n) is 7.15. The SMILES string of the molecule is C=CCNC(=O)c1ccc(NC(=O)NC(C)C(C)CO)cc1. The topological polar surface area (TPSA) is 90.5 Å². The molecule has 1 rings (SSSR count). The van der Waals surface area contributed by atoms with Gasteiger partial charge in [0.15, 0.2) is 0 Å². The summed E-state index contributed by atoms with van der Waals surface area (Å²) in [6.45, 7) is 7.62. The molecule has 6 heteroatoms. The Hall–Kier alpha value is -2.34. The Kier molecular flexibility index (Phi) is 7.12. The van der Waals surface area contributed by atoms with Crippen LogP contribution in [0, 0.1) is 5.92 Å². The molecule has 0 aliphatic carbocycles. The molecule has 2 unspecified atom stereocenters. The maximum atomic E-state index is 11.8. The Morgan fingerprint density at radius 3 is 2.45 bits per heavy atom. The van der Waals surface area contributed by atoms with E-state index in [-0.39, 0.29) is 30.5 Å². The highest BCUT2D eigenvalue weighted by Crippen LogP contribution is 2.10. The normalized spacial score (nSPS) is 12.9. The van der Waals surface area contributed by atoms with Gasteiger partial charge >= 0.3 is 6.03 Å². The number of hydrogen-bond donors (Lipinski definition) is 4. The fourth-order valence-corrected chi connectivity index (χ4v) is 1.65. The van der Waals surface area contributed by atoms with Gasteiger partial charge in [-0.3, -0.25) is 4.79 Å². The first kappa shape index (κ1) is 17.7. The average Bonchev–Trinajstić information content (AvgIpc) is 2.52. The summed E-state index contributed by atoms with van der Waals surface area (Å²) in [6, 6.07) is 6.08. The van der Waals surface area contributed by atoms with E-state index < -0.39 is 0 Å². The molecular weight excluding hydrogens is 282 g/mol. The van der Waals surface area contributed by atoms with Crippen LogP contribution in [-0.4, -0.2) is 36.2 Å². The minimum Gasteiger partial charge on any atom is -0.396 e. The zero-order valence-electron chi connectivity index (χ0n) is 12.9. The van der Waals surface area contributed by atoms with Gasteiger partial charge in [-0.15, -0.1) is 6.58 Å². The summed E-state index contributed by atoms with van der Waals surface area (Å²) < 4.78 is 0. The number of urea groups is 1. The third kappa shape index (κ3) is 5.57. The molecule has 0 aliphatic heterocycles. The monoisotopic (exact) mass is 305 g/mol. The Morgan fingerprint density at radius 2 is 1.91 bits per heavy atom. The number of carbonyl (C=O) groups is 2. The highest BCUT2D eigenvalue weighted by molar-refractivity contribution is 5.95. The molecule has 0 radical (unpaired) electrons. The number of carbonyl (C=O) groups excluding carboxylic acids is 2. The number of aliphatic hydroxyl groups is 1. The van der Waals surface area contributed by atoms with E-state index in [0.717, 1.165) is 0 Å². The lowest BCUT2D eigenvalue weighted by atomic mass is 10.1. The van der Waals surface area contributed by atoms with Crippen LogP contribution in [0.2, 0.25) is 0 Å². The summed E-state index contributed by atoms with van der Waals surface area (Å²) in [5.41, 5.74) is 1.09. The zero-order chi connectivity index (χ0) is 16.5. The second kappa shape index (κ2) is 8.84. The number of rotatable bonds is 7. The summed E-state index contributed by atoms with van der Waals surface area (Å²) in [5.74, 6) is -0.219. The van der Waals surface area contributed by atoms with Gasteiger partial charge in [-0.2, -0.15) is 0 Å². The van der Waals surface area contributed by atoms with Crippen molar-refractivity contribution in [2.24, 2.45) is 5.92 Å². The predicted octanol–water partition coefficient (Wildman–Crippen LogP) is 1.74. The average molecular weight is 305 g/mol. The molecular formula is C16H23N3O3. The molecule has 0 heterocycles. The number of benzene rings is 1. The second-order valence-corrected chi connectivity index (χ2v) is 5.12. The van der Waals surface area contributed by atoms with Gasteiger partial charge < -0.3 is 21.1 Å². The van der Waals surface area contributed by atoms with Crippen molar-refractivity contribution in [3.05, 3.63) is 42.5 Å². The van der Waals surface area contributed by atoms with Crippen molar-refractivity contribution in [1.29, 1.82) is 0 Å². The zero-order valence-corrected chi connectivity index (χ0v) is 12.9. The molecule has 1 aromatic carbocycles. The van der Waals surface area contributed by atoms with Gasteiger partial charge in [0.2, 0.25) is 0 Å². The van der Waals surface area contributed by atoms with Crippen molar-refractivity contribution in [2.45, 2.75) is 19.9 Å². The van der Waals surface area contributed by atoms with Gasteiger partial charge in [0.1, 0.15) is 0 Å². The molecule has 120 valence electrons. The van der Waals surface area contributed by atoms with Gasteiger partial charge in [0, 0.05) is 30.4 Å². The van der Waals surface area contributed by atoms with Crippen molar-refractivity contribution >= 4 is 17.6 Å². The molecule has 0 aromatic heterocycles. The quantitative estimate of drug-likeness (QED) is 0.578. The minimum atomic E-state index is -0.350. The van der Waals surface area contributed by atoms with Gasteiger partial charge in [-0.05, 0) is 37.1 Å². The lowest BCUT2D eigenvalue weighted by molar-refractivity contribution is 0.0958. The summed E-state index contributed by atoms with van der Waals surface area (Å²) in [4.78, 5) is 23.5. The van der Waals surface area contributed by atoms with Crippen LogP contribution in [0.25, 0.3) is 0 Å². The highest BCUT2D eigenvalue weighted by atomic mass is 16.3. The third-order valence-corrected chi connectivity index (χ3v) is 3.31. The molecule has 1 aromatic rings.